The fourth-order valence-electron chi connectivity index (χ4n) is 3.03. The van der Waals surface area contributed by atoms with Crippen LogP contribution in [-0.2, 0) is 4.79 Å². The Labute approximate surface area is 118 Å². The van der Waals surface area contributed by atoms with Gasteiger partial charge in [-0.2, -0.15) is 0 Å². The van der Waals surface area contributed by atoms with Crippen LogP contribution in [0.25, 0.3) is 0 Å². The van der Waals surface area contributed by atoms with Crippen LogP contribution in [0.2, 0.25) is 0 Å². The fraction of sp³-hybridized carbons (Fsp3) is 0.938. The van der Waals surface area contributed by atoms with Crippen LogP contribution in [0.1, 0.15) is 66.2 Å². The third-order valence-electron chi connectivity index (χ3n) is 4.20. The zero-order valence-electron chi connectivity index (χ0n) is 13.2. The molecule has 0 aromatic heterocycles. The van der Waals surface area contributed by atoms with E-state index in [4.69, 9.17) is 5.73 Å². The van der Waals surface area contributed by atoms with E-state index in [-0.39, 0.29) is 17.2 Å². The minimum atomic E-state index is -0.0459. The van der Waals surface area contributed by atoms with Gasteiger partial charge in [0.05, 0.1) is 5.92 Å². The molecule has 19 heavy (non-hydrogen) atoms. The second kappa shape index (κ2) is 7.28. The third kappa shape index (κ3) is 5.94. The summed E-state index contributed by atoms with van der Waals surface area (Å²) in [4.78, 5) is 12.4. The molecule has 0 aromatic carbocycles. The van der Waals surface area contributed by atoms with Crippen molar-refractivity contribution in [1.82, 2.24) is 5.32 Å². The number of nitrogens with one attached hydrogen (secondary N) is 1. The summed E-state index contributed by atoms with van der Waals surface area (Å²) in [5.41, 5.74) is 5.94. The minimum absolute atomic E-state index is 0.0459. The molecule has 1 fully saturated rings. The van der Waals surface area contributed by atoms with Crippen molar-refractivity contribution in [2.24, 2.45) is 23.0 Å². The highest BCUT2D eigenvalue weighted by Crippen LogP contribution is 2.26. The van der Waals surface area contributed by atoms with Gasteiger partial charge >= 0.3 is 0 Å². The Morgan fingerprint density at radius 3 is 2.47 bits per heavy atom. The van der Waals surface area contributed by atoms with Crippen LogP contribution in [0.15, 0.2) is 0 Å². The molecular weight excluding hydrogens is 236 g/mol. The van der Waals surface area contributed by atoms with Crippen LogP contribution in [0.5, 0.6) is 0 Å². The zero-order valence-corrected chi connectivity index (χ0v) is 13.2. The first-order chi connectivity index (χ1) is 8.83. The summed E-state index contributed by atoms with van der Waals surface area (Å²) in [5.74, 6) is 0.714. The Morgan fingerprint density at radius 2 is 1.89 bits per heavy atom. The van der Waals surface area contributed by atoms with Crippen molar-refractivity contribution in [3.8, 4) is 0 Å². The first kappa shape index (κ1) is 16.5. The van der Waals surface area contributed by atoms with Gasteiger partial charge in [0.2, 0.25) is 5.91 Å². The summed E-state index contributed by atoms with van der Waals surface area (Å²) < 4.78 is 0. The van der Waals surface area contributed by atoms with E-state index in [0.29, 0.717) is 18.5 Å². The van der Waals surface area contributed by atoms with Crippen molar-refractivity contribution in [1.29, 1.82) is 0 Å². The molecule has 3 heteroatoms. The average molecular weight is 268 g/mol. The molecule has 0 heterocycles. The van der Waals surface area contributed by atoms with E-state index < -0.39 is 0 Å². The molecule has 1 amide bonds. The Bertz CT molecular complexity index is 283. The molecule has 0 bridgehead atoms. The van der Waals surface area contributed by atoms with Gasteiger partial charge in [0.15, 0.2) is 0 Å². The van der Waals surface area contributed by atoms with E-state index in [1.165, 1.54) is 25.7 Å². The van der Waals surface area contributed by atoms with Gasteiger partial charge in [-0.25, -0.2) is 0 Å². The normalized spacial score (nSPS) is 26.6. The molecule has 3 unspecified atom stereocenters. The Balaban J connectivity index is 2.55. The summed E-state index contributed by atoms with van der Waals surface area (Å²) >= 11 is 0. The van der Waals surface area contributed by atoms with Crippen molar-refractivity contribution >= 4 is 5.91 Å². The second-order valence-corrected chi connectivity index (χ2v) is 7.43. The quantitative estimate of drug-likeness (QED) is 0.770. The summed E-state index contributed by atoms with van der Waals surface area (Å²) in [6.07, 6.45) is 7.06. The van der Waals surface area contributed by atoms with Gasteiger partial charge in [0.1, 0.15) is 0 Å². The number of carbonyl (C=O) groups is 1. The summed E-state index contributed by atoms with van der Waals surface area (Å²) in [5, 5.41) is 3.26. The van der Waals surface area contributed by atoms with Crippen LogP contribution < -0.4 is 11.1 Å². The number of amides is 1. The molecule has 1 aliphatic rings. The van der Waals surface area contributed by atoms with Crippen molar-refractivity contribution < 1.29 is 4.79 Å². The van der Waals surface area contributed by atoms with E-state index in [1.807, 2.05) is 0 Å². The summed E-state index contributed by atoms with van der Waals surface area (Å²) in [6.45, 7) is 9.20. The molecule has 0 aromatic rings. The van der Waals surface area contributed by atoms with Gasteiger partial charge in [-0.05, 0) is 30.6 Å². The highest BCUT2D eigenvalue weighted by Gasteiger charge is 2.27. The highest BCUT2D eigenvalue weighted by atomic mass is 16.2. The largest absolute Gasteiger partial charge is 0.353 e. The first-order valence-electron chi connectivity index (χ1n) is 7.84. The maximum atomic E-state index is 12.4. The number of nitrogens with two attached hydrogens (primary N) is 1. The monoisotopic (exact) mass is 268 g/mol. The molecular formula is C16H32N2O. The zero-order chi connectivity index (χ0) is 14.5. The lowest BCUT2D eigenvalue weighted by Gasteiger charge is -2.28. The maximum Gasteiger partial charge on any atom is 0.224 e. The van der Waals surface area contributed by atoms with Crippen LogP contribution in [0.4, 0.5) is 0 Å². The van der Waals surface area contributed by atoms with Crippen LogP contribution >= 0.6 is 0 Å². The van der Waals surface area contributed by atoms with Gasteiger partial charge < -0.3 is 11.1 Å². The standard InChI is InChI=1S/C16H32N2O/c1-12-8-6-5-7-9-14(12)18-15(19)13(11-17)10-16(2,3)4/h12-14H,5-11,17H2,1-4H3,(H,18,19). The van der Waals surface area contributed by atoms with Crippen molar-refractivity contribution in [3.63, 3.8) is 0 Å². The molecule has 0 spiro atoms. The lowest BCUT2D eigenvalue weighted by atomic mass is 9.84. The molecule has 1 rings (SSSR count). The molecule has 0 aliphatic heterocycles. The number of hydrogen-bond acceptors (Lipinski definition) is 2. The summed E-state index contributed by atoms with van der Waals surface area (Å²) in [6, 6.07) is 0.351. The van der Waals surface area contributed by atoms with E-state index >= 15 is 0 Å². The predicted octanol–water partition coefficient (Wildman–Crippen LogP) is 3.08. The van der Waals surface area contributed by atoms with Crippen LogP contribution in [-0.4, -0.2) is 18.5 Å². The second-order valence-electron chi connectivity index (χ2n) is 7.43. The van der Waals surface area contributed by atoms with Gasteiger partial charge in [-0.15, -0.1) is 0 Å². The molecule has 112 valence electrons. The molecule has 3 nitrogen and oxygen atoms in total. The highest BCUT2D eigenvalue weighted by molar-refractivity contribution is 5.79. The minimum Gasteiger partial charge on any atom is -0.353 e. The number of carbonyl (C=O) groups excluding carboxylic acids is 1. The smallest absolute Gasteiger partial charge is 0.224 e. The third-order valence-corrected chi connectivity index (χ3v) is 4.20. The van der Waals surface area contributed by atoms with E-state index in [2.05, 4.69) is 33.0 Å². The van der Waals surface area contributed by atoms with Crippen LogP contribution in [0.3, 0.4) is 0 Å². The number of hydrogen-bond donors (Lipinski definition) is 2. The van der Waals surface area contributed by atoms with E-state index in [9.17, 15) is 4.79 Å². The van der Waals surface area contributed by atoms with Gasteiger partial charge in [0, 0.05) is 12.6 Å². The molecule has 3 N–H and O–H groups in total. The lowest BCUT2D eigenvalue weighted by Crippen LogP contribution is -2.44. The van der Waals surface area contributed by atoms with Gasteiger partial charge in [-0.3, -0.25) is 4.79 Å². The molecule has 1 aliphatic carbocycles. The van der Waals surface area contributed by atoms with Gasteiger partial charge in [0.25, 0.3) is 0 Å². The Morgan fingerprint density at radius 1 is 1.26 bits per heavy atom. The van der Waals surface area contributed by atoms with Crippen molar-refractivity contribution in [3.05, 3.63) is 0 Å². The Kier molecular flexibility index (Phi) is 6.31. The molecule has 0 saturated heterocycles. The van der Waals surface area contributed by atoms with Crippen molar-refractivity contribution in [2.45, 2.75) is 72.3 Å². The first-order valence-corrected chi connectivity index (χ1v) is 7.84. The van der Waals surface area contributed by atoms with E-state index in [1.54, 1.807) is 0 Å². The SMILES string of the molecule is CC1CCCCCC1NC(=O)C(CN)CC(C)(C)C. The molecule has 0 radical (unpaired) electrons. The predicted molar refractivity (Wildman–Crippen MR) is 80.8 cm³/mol. The summed E-state index contributed by atoms with van der Waals surface area (Å²) in [7, 11) is 0. The Hall–Kier alpha value is -0.570. The number of rotatable bonds is 4. The topological polar surface area (TPSA) is 55.1 Å². The van der Waals surface area contributed by atoms with Crippen molar-refractivity contribution in [2.75, 3.05) is 6.54 Å². The van der Waals surface area contributed by atoms with Gasteiger partial charge in [-0.1, -0.05) is 47.0 Å². The lowest BCUT2D eigenvalue weighted by molar-refractivity contribution is -0.126. The maximum absolute atomic E-state index is 12.4. The fourth-order valence-corrected chi connectivity index (χ4v) is 3.03. The molecule has 1 saturated carbocycles. The van der Waals surface area contributed by atoms with Crippen LogP contribution in [0, 0.1) is 17.3 Å². The van der Waals surface area contributed by atoms with E-state index in [0.717, 1.165) is 12.8 Å². The average Bonchev–Trinajstić information content (AvgIpc) is 2.50. The molecule has 3 atom stereocenters.